The molecule has 1 heterocycles. The Labute approximate surface area is 107 Å². The molecule has 6 heteroatoms. The molecule has 0 unspecified atom stereocenters. The van der Waals surface area contributed by atoms with Gasteiger partial charge in [0.2, 0.25) is 5.56 Å². The first-order chi connectivity index (χ1) is 9.06. The van der Waals surface area contributed by atoms with E-state index in [4.69, 9.17) is 5.11 Å². The Morgan fingerprint density at radius 3 is 2.58 bits per heavy atom. The molecule has 0 aliphatic rings. The first-order valence-corrected chi connectivity index (χ1v) is 5.40. The zero-order chi connectivity index (χ0) is 13.8. The number of pyridine rings is 1. The standard InChI is InChI=1S/C13H10N2O4/c16-11-7-8(4-5-14-11)12(17)15-10-3-1-2-9(6-10)13(18)19/h1-7H,(H,14,16)(H,15,17)(H,18,19). The SMILES string of the molecule is O=C(O)c1cccc(NC(=O)c2cc[nH]c(=O)c2)c1. The van der Waals surface area contributed by atoms with Gasteiger partial charge in [-0.2, -0.15) is 0 Å². The van der Waals surface area contributed by atoms with Crippen molar-refractivity contribution in [3.05, 3.63) is 64.1 Å². The fourth-order valence-electron chi connectivity index (χ4n) is 1.52. The highest BCUT2D eigenvalue weighted by Gasteiger charge is 2.08. The Balaban J connectivity index is 2.22. The minimum Gasteiger partial charge on any atom is -0.478 e. The summed E-state index contributed by atoms with van der Waals surface area (Å²) in [5.74, 6) is -1.55. The molecule has 1 amide bonds. The summed E-state index contributed by atoms with van der Waals surface area (Å²) in [5, 5.41) is 11.4. The van der Waals surface area contributed by atoms with Crippen molar-refractivity contribution in [2.24, 2.45) is 0 Å². The molecular formula is C13H10N2O4. The summed E-state index contributed by atoms with van der Waals surface area (Å²) < 4.78 is 0. The highest BCUT2D eigenvalue weighted by molar-refractivity contribution is 6.04. The van der Waals surface area contributed by atoms with Crippen LogP contribution in [0.15, 0.2) is 47.4 Å². The average molecular weight is 258 g/mol. The lowest BCUT2D eigenvalue weighted by Crippen LogP contribution is -2.15. The summed E-state index contributed by atoms with van der Waals surface area (Å²) in [7, 11) is 0. The lowest BCUT2D eigenvalue weighted by atomic mass is 10.2. The van der Waals surface area contributed by atoms with Gasteiger partial charge < -0.3 is 15.4 Å². The van der Waals surface area contributed by atoms with Crippen molar-refractivity contribution in [1.29, 1.82) is 0 Å². The molecule has 2 rings (SSSR count). The predicted octanol–water partition coefficient (Wildman–Crippen LogP) is 1.33. The summed E-state index contributed by atoms with van der Waals surface area (Å²) in [4.78, 5) is 36.1. The minimum atomic E-state index is -1.08. The van der Waals surface area contributed by atoms with Crippen molar-refractivity contribution in [1.82, 2.24) is 4.98 Å². The number of carbonyl (C=O) groups is 2. The van der Waals surface area contributed by atoms with Gasteiger partial charge in [0.1, 0.15) is 0 Å². The van der Waals surface area contributed by atoms with Gasteiger partial charge in [-0.1, -0.05) is 6.07 Å². The zero-order valence-corrected chi connectivity index (χ0v) is 9.71. The number of hydrogen-bond donors (Lipinski definition) is 3. The molecule has 0 saturated carbocycles. The highest BCUT2D eigenvalue weighted by atomic mass is 16.4. The molecule has 6 nitrogen and oxygen atoms in total. The number of aromatic carboxylic acids is 1. The van der Waals surface area contributed by atoms with Crippen LogP contribution in [0.25, 0.3) is 0 Å². The number of rotatable bonds is 3. The molecule has 1 aromatic heterocycles. The fraction of sp³-hybridized carbons (Fsp3) is 0. The summed E-state index contributed by atoms with van der Waals surface area (Å²) in [6.07, 6.45) is 1.37. The molecule has 1 aromatic carbocycles. The molecule has 3 N–H and O–H groups in total. The van der Waals surface area contributed by atoms with E-state index in [1.807, 2.05) is 0 Å². The summed E-state index contributed by atoms with van der Waals surface area (Å²) in [5.41, 5.74) is 0.241. The number of nitrogens with one attached hydrogen (secondary N) is 2. The van der Waals surface area contributed by atoms with Crippen LogP contribution in [0.2, 0.25) is 0 Å². The van der Waals surface area contributed by atoms with Crippen molar-refractivity contribution in [2.75, 3.05) is 5.32 Å². The third-order valence-electron chi connectivity index (χ3n) is 2.40. The summed E-state index contributed by atoms with van der Waals surface area (Å²) in [6, 6.07) is 8.47. The number of hydrogen-bond acceptors (Lipinski definition) is 3. The molecule has 0 radical (unpaired) electrons. The van der Waals surface area contributed by atoms with Crippen LogP contribution in [-0.2, 0) is 0 Å². The van der Waals surface area contributed by atoms with Crippen molar-refractivity contribution in [3.8, 4) is 0 Å². The third-order valence-corrected chi connectivity index (χ3v) is 2.40. The van der Waals surface area contributed by atoms with E-state index >= 15 is 0 Å². The maximum atomic E-state index is 11.8. The number of aromatic amines is 1. The normalized spacial score (nSPS) is 9.89. The van der Waals surface area contributed by atoms with Crippen molar-refractivity contribution in [3.63, 3.8) is 0 Å². The minimum absolute atomic E-state index is 0.0729. The average Bonchev–Trinajstić information content (AvgIpc) is 2.39. The van der Waals surface area contributed by atoms with Gasteiger partial charge in [0, 0.05) is 23.5 Å². The smallest absolute Gasteiger partial charge is 0.335 e. The molecule has 0 fully saturated rings. The van der Waals surface area contributed by atoms with E-state index in [0.717, 1.165) is 6.07 Å². The molecule has 0 aliphatic carbocycles. The van der Waals surface area contributed by atoms with Crippen molar-refractivity contribution in [2.45, 2.75) is 0 Å². The third kappa shape index (κ3) is 3.06. The fourth-order valence-corrected chi connectivity index (χ4v) is 1.52. The summed E-state index contributed by atoms with van der Waals surface area (Å²) >= 11 is 0. The van der Waals surface area contributed by atoms with Gasteiger partial charge >= 0.3 is 5.97 Å². The van der Waals surface area contributed by atoms with Crippen LogP contribution in [0.3, 0.4) is 0 Å². The molecule has 0 spiro atoms. The largest absolute Gasteiger partial charge is 0.478 e. The number of H-pyrrole nitrogens is 1. The van der Waals surface area contributed by atoms with Gasteiger partial charge in [0.25, 0.3) is 5.91 Å². The number of carboxylic acids is 1. The highest BCUT2D eigenvalue weighted by Crippen LogP contribution is 2.11. The van der Waals surface area contributed by atoms with Crippen molar-refractivity contribution < 1.29 is 14.7 Å². The van der Waals surface area contributed by atoms with Crippen LogP contribution in [0.4, 0.5) is 5.69 Å². The van der Waals surface area contributed by atoms with Crippen LogP contribution < -0.4 is 10.9 Å². The molecule has 0 aliphatic heterocycles. The lowest BCUT2D eigenvalue weighted by Gasteiger charge is -2.05. The Morgan fingerprint density at radius 2 is 1.89 bits per heavy atom. The molecule has 96 valence electrons. The van der Waals surface area contributed by atoms with Crippen LogP contribution >= 0.6 is 0 Å². The van der Waals surface area contributed by atoms with Gasteiger partial charge in [-0.25, -0.2) is 4.79 Å². The van der Waals surface area contributed by atoms with Crippen LogP contribution in [-0.4, -0.2) is 22.0 Å². The van der Waals surface area contributed by atoms with Gasteiger partial charge in [0.05, 0.1) is 5.56 Å². The molecule has 0 bridgehead atoms. The number of amides is 1. The maximum absolute atomic E-state index is 11.8. The van der Waals surface area contributed by atoms with Gasteiger partial charge in [-0.05, 0) is 24.3 Å². The van der Waals surface area contributed by atoms with Crippen LogP contribution in [0, 0.1) is 0 Å². The maximum Gasteiger partial charge on any atom is 0.335 e. The Bertz CT molecular complexity index is 691. The van der Waals surface area contributed by atoms with E-state index in [0.29, 0.717) is 5.69 Å². The van der Waals surface area contributed by atoms with E-state index in [1.165, 1.54) is 30.5 Å². The number of anilines is 1. The number of benzene rings is 1. The summed E-state index contributed by atoms with van der Waals surface area (Å²) in [6.45, 7) is 0. The molecule has 0 saturated heterocycles. The monoisotopic (exact) mass is 258 g/mol. The Hall–Kier alpha value is -2.89. The van der Waals surface area contributed by atoms with E-state index in [9.17, 15) is 14.4 Å². The van der Waals surface area contributed by atoms with Crippen LogP contribution in [0.1, 0.15) is 20.7 Å². The molecule has 19 heavy (non-hydrogen) atoms. The second-order valence-corrected chi connectivity index (χ2v) is 3.78. The quantitative estimate of drug-likeness (QED) is 0.773. The number of aromatic nitrogens is 1. The lowest BCUT2D eigenvalue weighted by molar-refractivity contribution is 0.0696. The molecule has 2 aromatic rings. The first kappa shape index (κ1) is 12.6. The number of carboxylic acid groups (broad SMARTS) is 1. The van der Waals surface area contributed by atoms with E-state index < -0.39 is 11.9 Å². The predicted molar refractivity (Wildman–Crippen MR) is 68.4 cm³/mol. The van der Waals surface area contributed by atoms with Gasteiger partial charge in [0.15, 0.2) is 0 Å². The molecule has 0 atom stereocenters. The zero-order valence-electron chi connectivity index (χ0n) is 9.71. The van der Waals surface area contributed by atoms with Crippen molar-refractivity contribution >= 4 is 17.6 Å². The van der Waals surface area contributed by atoms with E-state index in [1.54, 1.807) is 6.07 Å². The Morgan fingerprint density at radius 1 is 1.11 bits per heavy atom. The van der Waals surface area contributed by atoms with Gasteiger partial charge in [-0.3, -0.25) is 9.59 Å². The second-order valence-electron chi connectivity index (χ2n) is 3.78. The van der Waals surface area contributed by atoms with Crippen LogP contribution in [0.5, 0.6) is 0 Å². The van der Waals surface area contributed by atoms with E-state index in [2.05, 4.69) is 10.3 Å². The molecular weight excluding hydrogens is 248 g/mol. The Kier molecular flexibility index (Phi) is 3.42. The van der Waals surface area contributed by atoms with E-state index in [-0.39, 0.29) is 16.7 Å². The van der Waals surface area contributed by atoms with Gasteiger partial charge in [-0.15, -0.1) is 0 Å². The number of carbonyl (C=O) groups excluding carboxylic acids is 1. The topological polar surface area (TPSA) is 99.3 Å². The second kappa shape index (κ2) is 5.18. The first-order valence-electron chi connectivity index (χ1n) is 5.40.